The molecule has 92 valence electrons. The second-order valence-corrected chi connectivity index (χ2v) is 4.41. The summed E-state index contributed by atoms with van der Waals surface area (Å²) >= 11 is 0. The zero-order valence-electron chi connectivity index (χ0n) is 8.52. The van der Waals surface area contributed by atoms with Crippen molar-refractivity contribution in [2.24, 2.45) is 5.14 Å². The minimum atomic E-state index is -4.37. The number of nitrogens with zero attached hydrogens (tertiary/aromatic N) is 2. The first-order valence-electron chi connectivity index (χ1n) is 4.11. The van der Waals surface area contributed by atoms with Gasteiger partial charge >= 0.3 is 0 Å². The van der Waals surface area contributed by atoms with Gasteiger partial charge in [-0.05, 0) is 0 Å². The first-order chi connectivity index (χ1) is 7.81. The fourth-order valence-electron chi connectivity index (χ4n) is 1.11. The van der Waals surface area contributed by atoms with Gasteiger partial charge in [0.15, 0.2) is 11.4 Å². The van der Waals surface area contributed by atoms with Crippen molar-refractivity contribution in [3.8, 4) is 11.8 Å². The predicted molar refractivity (Wildman–Crippen MR) is 51.8 cm³/mol. The Morgan fingerprint density at radius 3 is 2.53 bits per heavy atom. The molecule has 1 aromatic heterocycles. The summed E-state index contributed by atoms with van der Waals surface area (Å²) in [7, 11) is -3.22. The molecule has 0 aliphatic carbocycles. The van der Waals surface area contributed by atoms with Crippen molar-refractivity contribution in [2.45, 2.75) is 11.3 Å². The molecular weight excluding hydrogens is 256 g/mol. The van der Waals surface area contributed by atoms with E-state index in [0.29, 0.717) is 0 Å². The highest BCUT2D eigenvalue weighted by Gasteiger charge is 2.25. The maximum atomic E-state index is 12.6. The number of halogens is 2. The van der Waals surface area contributed by atoms with Crippen LogP contribution in [0.5, 0.6) is 5.75 Å². The molecule has 0 atom stereocenters. The van der Waals surface area contributed by atoms with E-state index in [1.807, 2.05) is 0 Å². The number of methoxy groups -OCH3 is 1. The Bertz CT molecular complexity index is 580. The summed E-state index contributed by atoms with van der Waals surface area (Å²) < 4.78 is 52.0. The molecule has 0 aliphatic heterocycles. The van der Waals surface area contributed by atoms with Crippen molar-refractivity contribution in [1.82, 2.24) is 4.98 Å². The molecule has 0 aromatic carbocycles. The summed E-state index contributed by atoms with van der Waals surface area (Å²) in [6, 6.07) is 2.27. The van der Waals surface area contributed by atoms with Gasteiger partial charge in [0.2, 0.25) is 10.0 Å². The SMILES string of the molecule is COc1cc(S(N)(=O)=O)c(C(F)F)nc1C#N. The summed E-state index contributed by atoms with van der Waals surface area (Å²) in [4.78, 5) is 2.37. The average Bonchev–Trinajstić information content (AvgIpc) is 2.25. The highest BCUT2D eigenvalue weighted by Crippen LogP contribution is 2.29. The summed E-state index contributed by atoms with van der Waals surface area (Å²) in [5.41, 5.74) is -1.50. The maximum absolute atomic E-state index is 12.6. The summed E-state index contributed by atoms with van der Waals surface area (Å²) in [6.45, 7) is 0. The number of hydrogen-bond acceptors (Lipinski definition) is 5. The number of ether oxygens (including phenoxy) is 1. The standard InChI is InChI=1S/C8H7F2N3O3S/c1-16-5-2-6(17(12,14)15)7(8(9)10)13-4(5)3-11/h2,8H,1H3,(H2,12,14,15). The van der Waals surface area contributed by atoms with Gasteiger partial charge in [0, 0.05) is 6.07 Å². The number of primary sulfonamides is 1. The first kappa shape index (κ1) is 13.3. The van der Waals surface area contributed by atoms with E-state index in [4.69, 9.17) is 10.4 Å². The van der Waals surface area contributed by atoms with E-state index in [0.717, 1.165) is 13.2 Å². The molecule has 1 rings (SSSR count). The normalized spacial score (nSPS) is 11.3. The highest BCUT2D eigenvalue weighted by molar-refractivity contribution is 7.89. The smallest absolute Gasteiger partial charge is 0.281 e. The van der Waals surface area contributed by atoms with Crippen molar-refractivity contribution in [3.63, 3.8) is 0 Å². The fourth-order valence-corrected chi connectivity index (χ4v) is 1.81. The predicted octanol–water partition coefficient (Wildman–Crippen LogP) is 0.547. The van der Waals surface area contributed by atoms with Gasteiger partial charge < -0.3 is 4.74 Å². The lowest BCUT2D eigenvalue weighted by Gasteiger charge is -2.09. The van der Waals surface area contributed by atoms with Crippen molar-refractivity contribution in [3.05, 3.63) is 17.5 Å². The quantitative estimate of drug-likeness (QED) is 0.856. The number of sulfonamides is 1. The summed E-state index contributed by atoms with van der Waals surface area (Å²) in [5, 5.41) is 13.4. The molecule has 6 nitrogen and oxygen atoms in total. The molecule has 0 fully saturated rings. The van der Waals surface area contributed by atoms with Crippen LogP contribution >= 0.6 is 0 Å². The van der Waals surface area contributed by atoms with Gasteiger partial charge in [-0.1, -0.05) is 0 Å². The van der Waals surface area contributed by atoms with Gasteiger partial charge in [0.25, 0.3) is 6.43 Å². The Hall–Kier alpha value is -1.79. The number of pyridine rings is 1. The van der Waals surface area contributed by atoms with Gasteiger partial charge in [-0.3, -0.25) is 0 Å². The van der Waals surface area contributed by atoms with E-state index >= 15 is 0 Å². The van der Waals surface area contributed by atoms with Crippen molar-refractivity contribution in [1.29, 1.82) is 5.26 Å². The lowest BCUT2D eigenvalue weighted by atomic mass is 10.3. The minimum Gasteiger partial charge on any atom is -0.494 e. The van der Waals surface area contributed by atoms with Gasteiger partial charge in [0.05, 0.1) is 7.11 Å². The van der Waals surface area contributed by atoms with E-state index in [9.17, 15) is 17.2 Å². The molecule has 2 N–H and O–H groups in total. The monoisotopic (exact) mass is 263 g/mol. The molecule has 0 unspecified atom stereocenters. The second-order valence-electron chi connectivity index (χ2n) is 2.88. The van der Waals surface area contributed by atoms with Crippen LogP contribution in [-0.4, -0.2) is 20.5 Å². The van der Waals surface area contributed by atoms with Crippen LogP contribution in [0, 0.1) is 11.3 Å². The maximum Gasteiger partial charge on any atom is 0.281 e. The summed E-state index contributed by atoms with van der Waals surface area (Å²) in [6.07, 6.45) is -3.17. The molecule has 0 aliphatic rings. The minimum absolute atomic E-state index is 0.235. The van der Waals surface area contributed by atoms with Crippen LogP contribution in [0.3, 0.4) is 0 Å². The van der Waals surface area contributed by atoms with Crippen molar-refractivity contribution in [2.75, 3.05) is 7.11 Å². The van der Waals surface area contributed by atoms with Crippen molar-refractivity contribution >= 4 is 10.0 Å². The number of aromatic nitrogens is 1. The lowest BCUT2D eigenvalue weighted by Crippen LogP contribution is -2.16. The molecule has 17 heavy (non-hydrogen) atoms. The van der Waals surface area contributed by atoms with E-state index in [1.165, 1.54) is 6.07 Å². The van der Waals surface area contributed by atoms with Gasteiger partial charge in [0.1, 0.15) is 16.7 Å². The summed E-state index contributed by atoms with van der Waals surface area (Å²) in [5.74, 6) is -0.235. The van der Waals surface area contributed by atoms with Crippen LogP contribution in [0.1, 0.15) is 17.8 Å². The van der Waals surface area contributed by atoms with Crippen LogP contribution in [0.2, 0.25) is 0 Å². The van der Waals surface area contributed by atoms with Crippen LogP contribution in [0.25, 0.3) is 0 Å². The number of rotatable bonds is 3. The third kappa shape index (κ3) is 2.66. The van der Waals surface area contributed by atoms with E-state index in [1.54, 1.807) is 0 Å². The molecule has 0 radical (unpaired) electrons. The third-order valence-corrected chi connectivity index (χ3v) is 2.76. The van der Waals surface area contributed by atoms with Gasteiger partial charge in [-0.25, -0.2) is 27.3 Å². The number of hydrogen-bond donors (Lipinski definition) is 1. The largest absolute Gasteiger partial charge is 0.494 e. The molecular formula is C8H7F2N3O3S. The molecule has 0 spiro atoms. The first-order valence-corrected chi connectivity index (χ1v) is 5.66. The van der Waals surface area contributed by atoms with Crippen LogP contribution in [0.15, 0.2) is 11.0 Å². The molecule has 0 saturated carbocycles. The topological polar surface area (TPSA) is 106 Å². The van der Waals surface area contributed by atoms with E-state index < -0.39 is 32.7 Å². The Labute approximate surface area is 95.7 Å². The van der Waals surface area contributed by atoms with Gasteiger partial charge in [-0.15, -0.1) is 0 Å². The number of alkyl halides is 2. The van der Waals surface area contributed by atoms with Gasteiger partial charge in [-0.2, -0.15) is 5.26 Å². The number of nitrogens with two attached hydrogens (primary N) is 1. The molecule has 0 amide bonds. The van der Waals surface area contributed by atoms with Crippen LogP contribution in [0.4, 0.5) is 8.78 Å². The number of nitriles is 1. The lowest BCUT2D eigenvalue weighted by molar-refractivity contribution is 0.142. The third-order valence-electron chi connectivity index (χ3n) is 1.82. The molecule has 0 saturated heterocycles. The zero-order valence-corrected chi connectivity index (χ0v) is 9.33. The van der Waals surface area contributed by atoms with E-state index in [-0.39, 0.29) is 5.75 Å². The Kier molecular flexibility index (Phi) is 3.59. The Balaban J connectivity index is 3.65. The average molecular weight is 263 g/mol. The molecule has 9 heteroatoms. The highest BCUT2D eigenvalue weighted by atomic mass is 32.2. The van der Waals surface area contributed by atoms with Crippen LogP contribution < -0.4 is 9.88 Å². The molecule has 0 bridgehead atoms. The second kappa shape index (κ2) is 4.60. The fraction of sp³-hybridized carbons (Fsp3) is 0.250. The molecule has 1 heterocycles. The Morgan fingerprint density at radius 2 is 2.18 bits per heavy atom. The van der Waals surface area contributed by atoms with Crippen molar-refractivity contribution < 1.29 is 21.9 Å². The van der Waals surface area contributed by atoms with E-state index in [2.05, 4.69) is 9.72 Å². The molecule has 1 aromatic rings. The van der Waals surface area contributed by atoms with Crippen LogP contribution in [-0.2, 0) is 10.0 Å². The Morgan fingerprint density at radius 1 is 1.59 bits per heavy atom. The zero-order chi connectivity index (χ0) is 13.2.